The summed E-state index contributed by atoms with van der Waals surface area (Å²) >= 11 is 5.67. The lowest BCUT2D eigenvalue weighted by atomic mass is 10.1. The highest BCUT2D eigenvalue weighted by molar-refractivity contribution is 6.48. The fourth-order valence-electron chi connectivity index (χ4n) is 1.12. The van der Waals surface area contributed by atoms with Gasteiger partial charge in [0, 0.05) is 12.3 Å². The molecule has 0 aromatic heterocycles. The van der Waals surface area contributed by atoms with Gasteiger partial charge < -0.3 is 0 Å². The summed E-state index contributed by atoms with van der Waals surface area (Å²) in [5.74, 6) is 0.573. The van der Waals surface area contributed by atoms with Crippen LogP contribution in [0.4, 0.5) is 0 Å². The Morgan fingerprint density at radius 2 is 1.77 bits per heavy atom. The average molecular weight is 214 g/mol. The summed E-state index contributed by atoms with van der Waals surface area (Å²) in [7, 11) is -1.07. The molecular formula is C10H14ClOSi+. The molecule has 1 aromatic carbocycles. The molecule has 0 saturated carbocycles. The third kappa shape index (κ3) is 3.94. The normalized spacial score (nSPS) is 10.1. The molecule has 0 heterocycles. The fourth-order valence-corrected chi connectivity index (χ4v) is 1.95. The Bertz CT molecular complexity index is 246. The number of halogens is 1. The molecule has 3 heteroatoms. The van der Waals surface area contributed by atoms with Crippen molar-refractivity contribution in [3.63, 3.8) is 0 Å². The van der Waals surface area contributed by atoms with Gasteiger partial charge in [-0.05, 0) is 11.1 Å². The van der Waals surface area contributed by atoms with E-state index in [4.69, 9.17) is 11.6 Å². The minimum Gasteiger partial charge on any atom is -0.242 e. The molecule has 1 aromatic rings. The van der Waals surface area contributed by atoms with Crippen LogP contribution in [0.1, 0.15) is 11.1 Å². The SMILES string of the molecule is C[Si+](O)CCc1ccc(CCl)cc1. The molecule has 1 N–H and O–H groups in total. The number of hydrogen-bond acceptors (Lipinski definition) is 1. The van der Waals surface area contributed by atoms with Gasteiger partial charge in [-0.15, -0.1) is 11.6 Å². The molecule has 13 heavy (non-hydrogen) atoms. The zero-order valence-corrected chi connectivity index (χ0v) is 9.51. The fraction of sp³-hybridized carbons (Fsp3) is 0.400. The highest BCUT2D eigenvalue weighted by Crippen LogP contribution is 2.09. The molecule has 0 radical (unpaired) electrons. The molecule has 0 aliphatic heterocycles. The van der Waals surface area contributed by atoms with Crippen LogP contribution >= 0.6 is 11.6 Å². The highest BCUT2D eigenvalue weighted by atomic mass is 35.5. The molecule has 0 spiro atoms. The number of hydrogen-bond donors (Lipinski definition) is 1. The predicted octanol–water partition coefficient (Wildman–Crippen LogP) is 2.58. The molecule has 0 unspecified atom stereocenters. The summed E-state index contributed by atoms with van der Waals surface area (Å²) in [5, 5.41) is 0. The van der Waals surface area contributed by atoms with Crippen LogP contribution in [-0.4, -0.2) is 13.8 Å². The summed E-state index contributed by atoms with van der Waals surface area (Å²) in [5.41, 5.74) is 2.43. The van der Waals surface area contributed by atoms with Gasteiger partial charge in [0.1, 0.15) is 0 Å². The number of rotatable bonds is 4. The van der Waals surface area contributed by atoms with Crippen LogP contribution in [0, 0.1) is 0 Å². The molecule has 0 atom stereocenters. The van der Waals surface area contributed by atoms with Gasteiger partial charge in [0.25, 0.3) is 0 Å². The monoisotopic (exact) mass is 213 g/mol. The van der Waals surface area contributed by atoms with Crippen molar-refractivity contribution in [2.24, 2.45) is 0 Å². The van der Waals surface area contributed by atoms with E-state index in [1.54, 1.807) is 0 Å². The van der Waals surface area contributed by atoms with Crippen LogP contribution in [0.15, 0.2) is 24.3 Å². The van der Waals surface area contributed by atoms with Gasteiger partial charge in [-0.2, -0.15) is 0 Å². The minimum atomic E-state index is -1.07. The Morgan fingerprint density at radius 3 is 2.23 bits per heavy atom. The minimum absolute atomic E-state index is 0.573. The van der Waals surface area contributed by atoms with Gasteiger partial charge in [0.05, 0.1) is 12.6 Å². The van der Waals surface area contributed by atoms with Crippen molar-refractivity contribution in [3.8, 4) is 0 Å². The first-order valence-corrected chi connectivity index (χ1v) is 7.06. The third-order valence-corrected chi connectivity index (χ3v) is 3.23. The van der Waals surface area contributed by atoms with Crippen molar-refractivity contribution in [3.05, 3.63) is 35.4 Å². The van der Waals surface area contributed by atoms with Crippen molar-refractivity contribution in [2.75, 3.05) is 0 Å². The van der Waals surface area contributed by atoms with Crippen LogP contribution in [0.5, 0.6) is 0 Å². The van der Waals surface area contributed by atoms with E-state index in [1.807, 2.05) is 18.7 Å². The zero-order valence-electron chi connectivity index (χ0n) is 7.76. The standard InChI is InChI=1S/C10H14ClOSi/c1-13(12)7-6-9-2-4-10(8-11)5-3-9/h2-5,12H,6-8H2,1H3/q+1. The van der Waals surface area contributed by atoms with Gasteiger partial charge in [0.15, 0.2) is 0 Å². The molecule has 0 bridgehead atoms. The van der Waals surface area contributed by atoms with Crippen molar-refractivity contribution in [1.82, 2.24) is 0 Å². The summed E-state index contributed by atoms with van der Waals surface area (Å²) in [4.78, 5) is 9.20. The van der Waals surface area contributed by atoms with E-state index in [1.165, 1.54) is 5.56 Å². The summed E-state index contributed by atoms with van der Waals surface area (Å²) in [6, 6.07) is 9.18. The molecule has 1 nitrogen and oxygen atoms in total. The quantitative estimate of drug-likeness (QED) is 0.602. The number of benzene rings is 1. The van der Waals surface area contributed by atoms with Crippen LogP contribution < -0.4 is 0 Å². The van der Waals surface area contributed by atoms with Gasteiger partial charge in [0.2, 0.25) is 0 Å². The van der Waals surface area contributed by atoms with E-state index < -0.39 is 9.04 Å². The first kappa shape index (κ1) is 10.8. The smallest absolute Gasteiger partial charge is 0.242 e. The molecule has 0 amide bonds. The Morgan fingerprint density at radius 1 is 1.23 bits per heavy atom. The van der Waals surface area contributed by atoms with Crippen molar-refractivity contribution < 1.29 is 4.80 Å². The molecule has 1 rings (SSSR count). The zero-order chi connectivity index (χ0) is 9.68. The Kier molecular flexibility index (Phi) is 4.49. The Balaban J connectivity index is 2.49. The summed E-state index contributed by atoms with van der Waals surface area (Å²) < 4.78 is 0. The van der Waals surface area contributed by atoms with E-state index in [2.05, 4.69) is 12.1 Å². The first-order chi connectivity index (χ1) is 6.22. The van der Waals surface area contributed by atoms with Crippen LogP contribution in [0.3, 0.4) is 0 Å². The van der Waals surface area contributed by atoms with Crippen LogP contribution in [0.2, 0.25) is 12.6 Å². The van der Waals surface area contributed by atoms with E-state index in [-0.39, 0.29) is 0 Å². The predicted molar refractivity (Wildman–Crippen MR) is 58.3 cm³/mol. The first-order valence-electron chi connectivity index (χ1n) is 4.37. The summed E-state index contributed by atoms with van der Waals surface area (Å²) in [6.45, 7) is 1.91. The molecule has 0 fully saturated rings. The van der Waals surface area contributed by atoms with Crippen molar-refractivity contribution in [2.45, 2.75) is 24.9 Å². The van der Waals surface area contributed by atoms with Crippen LogP contribution in [-0.2, 0) is 12.3 Å². The molecule has 70 valence electrons. The third-order valence-electron chi connectivity index (χ3n) is 1.95. The van der Waals surface area contributed by atoms with Crippen molar-refractivity contribution >= 4 is 20.6 Å². The highest BCUT2D eigenvalue weighted by Gasteiger charge is 2.13. The maximum atomic E-state index is 9.20. The van der Waals surface area contributed by atoms with E-state index >= 15 is 0 Å². The maximum Gasteiger partial charge on any atom is 0.465 e. The molecule has 0 aliphatic carbocycles. The largest absolute Gasteiger partial charge is 0.465 e. The topological polar surface area (TPSA) is 20.2 Å². The van der Waals surface area contributed by atoms with Gasteiger partial charge in [-0.1, -0.05) is 24.3 Å². The van der Waals surface area contributed by atoms with Crippen LogP contribution in [0.25, 0.3) is 0 Å². The van der Waals surface area contributed by atoms with Gasteiger partial charge >= 0.3 is 9.04 Å². The lowest BCUT2D eigenvalue weighted by Crippen LogP contribution is -2.05. The van der Waals surface area contributed by atoms with E-state index in [9.17, 15) is 4.80 Å². The second-order valence-corrected chi connectivity index (χ2v) is 5.42. The summed E-state index contributed by atoms with van der Waals surface area (Å²) in [6.07, 6.45) is 0.976. The van der Waals surface area contributed by atoms with E-state index in [0.717, 1.165) is 18.0 Å². The number of aryl methyl sites for hydroxylation is 1. The van der Waals surface area contributed by atoms with Gasteiger partial charge in [-0.3, -0.25) is 0 Å². The van der Waals surface area contributed by atoms with E-state index in [0.29, 0.717) is 5.88 Å². The Hall–Kier alpha value is -0.313. The second kappa shape index (κ2) is 5.42. The number of alkyl halides is 1. The average Bonchev–Trinajstić information content (AvgIpc) is 2.15. The lowest BCUT2D eigenvalue weighted by Gasteiger charge is -1.98. The second-order valence-electron chi connectivity index (χ2n) is 3.19. The van der Waals surface area contributed by atoms with Crippen molar-refractivity contribution in [1.29, 1.82) is 0 Å². The molecular weight excluding hydrogens is 200 g/mol. The molecule has 0 saturated heterocycles. The lowest BCUT2D eigenvalue weighted by molar-refractivity contribution is 0.575. The molecule has 0 aliphatic rings. The van der Waals surface area contributed by atoms with Gasteiger partial charge in [-0.25, -0.2) is 4.80 Å². The Labute approximate surface area is 86.1 Å². The maximum absolute atomic E-state index is 9.20.